The van der Waals surface area contributed by atoms with Crippen LogP contribution in [-0.4, -0.2) is 0 Å². The monoisotopic (exact) mass is 972 g/mol. The number of aryl methyl sites for hydroxylation is 5. The van der Waals surface area contributed by atoms with Gasteiger partial charge in [0.1, 0.15) is 0 Å². The summed E-state index contributed by atoms with van der Waals surface area (Å²) < 4.78 is 0. The standard InChI is InChI=1S/C76H60/c1-47-16-31-64(32-17-47)76(65-33-20-52(21-34-65)41-53-19-18-50(4)51(5)40-53)70-13-9-11-63(73(70)68-36-29-62(45-72(68)76)60-27-25-56-39-49(3)15-23-58(56)43-60)46-75(6)69-37-30-54-10-7-8-12-66(54)74(69)67-35-28-61(44-71(67)75)59-26-24-55-38-48(2)14-22-57(55)42-59/h7-40,42-45H,41,46H2,1-6H3. The van der Waals surface area contributed by atoms with Crippen LogP contribution < -0.4 is 0 Å². The largest absolute Gasteiger partial charge is 0.0713 e. The van der Waals surface area contributed by atoms with Crippen molar-refractivity contribution in [3.63, 3.8) is 0 Å². The van der Waals surface area contributed by atoms with Gasteiger partial charge in [-0.1, -0.05) is 230 Å². The highest BCUT2D eigenvalue weighted by atomic mass is 14.5. The molecule has 76 heavy (non-hydrogen) atoms. The Kier molecular flexibility index (Phi) is 10.6. The van der Waals surface area contributed by atoms with E-state index in [4.69, 9.17) is 0 Å². The van der Waals surface area contributed by atoms with Gasteiger partial charge in [0.2, 0.25) is 0 Å². The second-order valence-electron chi connectivity index (χ2n) is 22.6. The Labute approximate surface area is 448 Å². The summed E-state index contributed by atoms with van der Waals surface area (Å²) in [6.45, 7) is 13.5. The number of hydrogen-bond donors (Lipinski definition) is 0. The highest BCUT2D eigenvalue weighted by molar-refractivity contribution is 6.03. The van der Waals surface area contributed by atoms with Gasteiger partial charge in [0.15, 0.2) is 0 Å². The zero-order valence-electron chi connectivity index (χ0n) is 44.4. The fourth-order valence-corrected chi connectivity index (χ4v) is 13.6. The van der Waals surface area contributed by atoms with Crippen LogP contribution in [-0.2, 0) is 23.7 Å². The molecule has 0 heterocycles. The van der Waals surface area contributed by atoms with Crippen LogP contribution >= 0.6 is 0 Å². The van der Waals surface area contributed by atoms with Gasteiger partial charge in [0.05, 0.1) is 5.41 Å². The summed E-state index contributed by atoms with van der Waals surface area (Å²) in [6, 6.07) is 89.3. The van der Waals surface area contributed by atoms with Crippen LogP contribution in [0.25, 0.3) is 76.8 Å². The normalized spacial score (nSPS) is 16.2. The summed E-state index contributed by atoms with van der Waals surface area (Å²) in [4.78, 5) is 0. The van der Waals surface area contributed by atoms with Crippen molar-refractivity contribution in [2.45, 2.75) is 65.2 Å². The zero-order valence-corrected chi connectivity index (χ0v) is 44.4. The predicted molar refractivity (Wildman–Crippen MR) is 322 cm³/mol. The van der Waals surface area contributed by atoms with Gasteiger partial charge >= 0.3 is 0 Å². The summed E-state index contributed by atoms with van der Waals surface area (Å²) in [5.41, 5.74) is 28.0. The maximum absolute atomic E-state index is 2.54. The van der Waals surface area contributed by atoms with E-state index >= 15 is 0 Å². The fraction of sp³-hybridized carbons (Fsp3) is 0.132. The number of rotatable bonds is 8. The van der Waals surface area contributed by atoms with Gasteiger partial charge in [-0.2, -0.15) is 0 Å². The van der Waals surface area contributed by atoms with Crippen LogP contribution in [0.5, 0.6) is 0 Å². The third kappa shape index (κ3) is 7.26. The zero-order chi connectivity index (χ0) is 51.5. The number of benzene rings is 12. The minimum atomic E-state index is -0.596. The van der Waals surface area contributed by atoms with Crippen LogP contribution in [0, 0.1) is 34.6 Å². The van der Waals surface area contributed by atoms with E-state index in [2.05, 4.69) is 272 Å². The molecule has 2 unspecified atom stereocenters. The maximum atomic E-state index is 2.54. The predicted octanol–water partition coefficient (Wildman–Crippen LogP) is 19.5. The Balaban J connectivity index is 0.986. The molecule has 0 heteroatoms. The quantitative estimate of drug-likeness (QED) is 0.142. The molecule has 2 aliphatic carbocycles. The highest BCUT2D eigenvalue weighted by Crippen LogP contribution is 2.60. The Morgan fingerprint density at radius 1 is 0.329 bits per heavy atom. The first-order valence-corrected chi connectivity index (χ1v) is 27.2. The Hall–Kier alpha value is -8.58. The van der Waals surface area contributed by atoms with E-state index in [0.717, 1.165) is 12.8 Å². The van der Waals surface area contributed by atoms with Gasteiger partial charge in [-0.15, -0.1) is 0 Å². The van der Waals surface area contributed by atoms with E-state index in [1.165, 1.54) is 155 Å². The molecule has 0 spiro atoms. The molecule has 0 N–H and O–H groups in total. The van der Waals surface area contributed by atoms with E-state index in [-0.39, 0.29) is 5.41 Å². The minimum absolute atomic E-state index is 0.345. The molecule has 0 fully saturated rings. The van der Waals surface area contributed by atoms with Crippen LogP contribution in [0.3, 0.4) is 0 Å². The van der Waals surface area contributed by atoms with Crippen molar-refractivity contribution in [1.82, 2.24) is 0 Å². The van der Waals surface area contributed by atoms with Crippen molar-refractivity contribution < 1.29 is 0 Å². The molecule has 0 nitrogen and oxygen atoms in total. The first-order chi connectivity index (χ1) is 37.0. The smallest absolute Gasteiger partial charge is 0.0616 e. The Morgan fingerprint density at radius 2 is 0.868 bits per heavy atom. The lowest BCUT2D eigenvalue weighted by molar-refractivity contribution is 0.584. The van der Waals surface area contributed by atoms with Gasteiger partial charge < -0.3 is 0 Å². The van der Waals surface area contributed by atoms with Gasteiger partial charge in [-0.05, 0) is 210 Å². The van der Waals surface area contributed by atoms with Crippen LogP contribution in [0.15, 0.2) is 231 Å². The van der Waals surface area contributed by atoms with Crippen molar-refractivity contribution in [2.24, 2.45) is 0 Å². The molecule has 0 saturated heterocycles. The van der Waals surface area contributed by atoms with Crippen LogP contribution in [0.1, 0.15) is 84.8 Å². The minimum Gasteiger partial charge on any atom is -0.0616 e. The number of hydrogen-bond acceptors (Lipinski definition) is 0. The van der Waals surface area contributed by atoms with Crippen molar-refractivity contribution in [1.29, 1.82) is 0 Å². The van der Waals surface area contributed by atoms with Crippen LogP contribution in [0.4, 0.5) is 0 Å². The first-order valence-electron chi connectivity index (χ1n) is 27.2. The molecule has 364 valence electrons. The molecular formula is C76H60. The third-order valence-corrected chi connectivity index (χ3v) is 17.7. The summed E-state index contributed by atoms with van der Waals surface area (Å²) in [5.74, 6) is 0. The highest BCUT2D eigenvalue weighted by Gasteiger charge is 2.48. The molecule has 0 amide bonds. The molecule has 0 radical (unpaired) electrons. The molecule has 0 aromatic heterocycles. The van der Waals surface area contributed by atoms with E-state index in [0.29, 0.717) is 0 Å². The van der Waals surface area contributed by atoms with Gasteiger partial charge in [0.25, 0.3) is 0 Å². The molecule has 0 bridgehead atoms. The average molecular weight is 973 g/mol. The number of fused-ring (bicyclic) bond motifs is 10. The fourth-order valence-electron chi connectivity index (χ4n) is 13.6. The van der Waals surface area contributed by atoms with Gasteiger partial charge in [0, 0.05) is 5.41 Å². The van der Waals surface area contributed by atoms with Crippen molar-refractivity contribution in [3.8, 4) is 44.5 Å². The summed E-state index contributed by atoms with van der Waals surface area (Å²) in [7, 11) is 0. The second kappa shape index (κ2) is 17.5. The summed E-state index contributed by atoms with van der Waals surface area (Å²) in [6.07, 6.45) is 1.72. The molecule has 14 rings (SSSR count). The van der Waals surface area contributed by atoms with Crippen molar-refractivity contribution in [3.05, 3.63) is 308 Å². The molecular weight excluding hydrogens is 913 g/mol. The Morgan fingerprint density at radius 3 is 1.54 bits per heavy atom. The topological polar surface area (TPSA) is 0 Å². The molecule has 2 aliphatic rings. The lowest BCUT2D eigenvalue weighted by atomic mass is 9.67. The van der Waals surface area contributed by atoms with E-state index in [1.54, 1.807) is 0 Å². The van der Waals surface area contributed by atoms with E-state index in [1.807, 2.05) is 0 Å². The lowest BCUT2D eigenvalue weighted by Crippen LogP contribution is -2.29. The molecule has 0 aliphatic heterocycles. The van der Waals surface area contributed by atoms with Crippen LogP contribution in [0.2, 0.25) is 0 Å². The van der Waals surface area contributed by atoms with E-state index < -0.39 is 5.41 Å². The van der Waals surface area contributed by atoms with Gasteiger partial charge in [-0.25, -0.2) is 0 Å². The SMILES string of the molecule is Cc1ccc(C2(c3ccc(Cc4ccc(C)c(C)c4)cc3)c3cc(-c4ccc5cc(C)ccc5c4)ccc3-c3c(CC4(C)c5cc(-c6ccc7cc(C)ccc7c6)ccc5-c5c4ccc4ccccc54)cccc32)cc1. The lowest BCUT2D eigenvalue weighted by Gasteiger charge is -2.35. The first kappa shape index (κ1) is 46.0. The van der Waals surface area contributed by atoms with E-state index in [9.17, 15) is 0 Å². The van der Waals surface area contributed by atoms with Crippen molar-refractivity contribution >= 4 is 32.3 Å². The maximum Gasteiger partial charge on any atom is 0.0713 e. The second-order valence-corrected chi connectivity index (χ2v) is 22.6. The Bertz CT molecular complexity index is 4340. The van der Waals surface area contributed by atoms with Gasteiger partial charge in [-0.3, -0.25) is 0 Å². The van der Waals surface area contributed by atoms with Crippen molar-refractivity contribution in [2.75, 3.05) is 0 Å². The third-order valence-electron chi connectivity index (χ3n) is 17.7. The molecule has 0 saturated carbocycles. The average Bonchev–Trinajstić information content (AvgIpc) is 3.98. The molecule has 2 atom stereocenters. The summed E-state index contributed by atoms with van der Waals surface area (Å²) >= 11 is 0. The molecule has 12 aromatic rings. The molecule has 12 aromatic carbocycles. The summed E-state index contributed by atoms with van der Waals surface area (Å²) in [5, 5.41) is 7.67.